The van der Waals surface area contributed by atoms with Crippen LogP contribution in [0.25, 0.3) is 0 Å². The van der Waals surface area contributed by atoms with Crippen LogP contribution in [0.1, 0.15) is 56.1 Å². The smallest absolute Gasteiger partial charge is 0.223 e. The van der Waals surface area contributed by atoms with Crippen molar-refractivity contribution in [3.05, 3.63) is 45.2 Å². The van der Waals surface area contributed by atoms with E-state index in [1.54, 1.807) is 0 Å². The summed E-state index contributed by atoms with van der Waals surface area (Å²) >= 11 is 3.60. The zero-order chi connectivity index (χ0) is 20.5. The lowest BCUT2D eigenvalue weighted by Crippen LogP contribution is -2.36. The van der Waals surface area contributed by atoms with Gasteiger partial charge in [0.15, 0.2) is 0 Å². The number of hydrogen-bond donors (Lipinski definition) is 0. The van der Waals surface area contributed by atoms with Crippen molar-refractivity contribution >= 4 is 21.8 Å². The van der Waals surface area contributed by atoms with E-state index in [2.05, 4.69) is 53.9 Å². The molecule has 0 radical (unpaired) electrons. The van der Waals surface area contributed by atoms with Crippen LogP contribution in [0.4, 0.5) is 0 Å². The van der Waals surface area contributed by atoms with Gasteiger partial charge >= 0.3 is 0 Å². The fraction of sp³-hybridized carbons (Fsp3) is 0.545. The van der Waals surface area contributed by atoms with Crippen molar-refractivity contribution in [2.45, 2.75) is 58.9 Å². The van der Waals surface area contributed by atoms with Crippen LogP contribution in [0.3, 0.4) is 0 Å². The van der Waals surface area contributed by atoms with Gasteiger partial charge in [0, 0.05) is 20.0 Å². The molecule has 2 aromatic rings. The SMILES string of the molecule is Cc1nn(C)c2c1CCN(C(=O)CCCOc1ccc(C(C)(C)C)cc1Br)C2. The molecule has 0 atom stereocenters. The number of carbonyl (C=O) groups is 1. The van der Waals surface area contributed by atoms with Crippen LogP contribution in [0.15, 0.2) is 22.7 Å². The monoisotopic (exact) mass is 447 g/mol. The molecule has 2 heterocycles. The number of hydrogen-bond acceptors (Lipinski definition) is 3. The number of rotatable bonds is 5. The Morgan fingerprint density at radius 2 is 2.07 bits per heavy atom. The van der Waals surface area contributed by atoms with Crippen LogP contribution in [-0.4, -0.2) is 33.7 Å². The molecule has 0 saturated heterocycles. The van der Waals surface area contributed by atoms with Crippen molar-refractivity contribution < 1.29 is 9.53 Å². The fourth-order valence-electron chi connectivity index (χ4n) is 3.64. The molecule has 5 nitrogen and oxygen atoms in total. The molecule has 152 valence electrons. The fourth-order valence-corrected chi connectivity index (χ4v) is 4.13. The summed E-state index contributed by atoms with van der Waals surface area (Å²) < 4.78 is 8.76. The molecule has 28 heavy (non-hydrogen) atoms. The molecule has 1 aromatic carbocycles. The maximum absolute atomic E-state index is 12.6. The number of benzene rings is 1. The minimum absolute atomic E-state index is 0.105. The Hall–Kier alpha value is -1.82. The van der Waals surface area contributed by atoms with E-state index < -0.39 is 0 Å². The Bertz CT molecular complexity index is 867. The summed E-state index contributed by atoms with van der Waals surface area (Å²) in [4.78, 5) is 14.5. The average molecular weight is 448 g/mol. The number of fused-ring (bicyclic) bond motifs is 1. The van der Waals surface area contributed by atoms with Crippen LogP contribution in [0.2, 0.25) is 0 Å². The van der Waals surface area contributed by atoms with Gasteiger partial charge in [-0.2, -0.15) is 5.10 Å². The molecule has 0 saturated carbocycles. The summed E-state index contributed by atoms with van der Waals surface area (Å²) in [6, 6.07) is 6.22. The standard InChI is InChI=1S/C22H30BrN3O2/c1-15-17-10-11-26(14-19(17)25(5)24-15)21(27)7-6-12-28-20-9-8-16(13-18(20)23)22(2,3)4/h8-9,13H,6-7,10-12,14H2,1-5H3. The number of halogens is 1. The normalized spacial score (nSPS) is 14.1. The van der Waals surface area contributed by atoms with Crippen LogP contribution >= 0.6 is 15.9 Å². The minimum atomic E-state index is 0.105. The summed E-state index contributed by atoms with van der Waals surface area (Å²) in [5.41, 5.74) is 4.92. The van der Waals surface area contributed by atoms with E-state index in [1.165, 1.54) is 11.1 Å². The molecule has 0 spiro atoms. The molecule has 0 unspecified atom stereocenters. The molecule has 1 aliphatic rings. The third-order valence-electron chi connectivity index (χ3n) is 5.39. The zero-order valence-electron chi connectivity index (χ0n) is 17.5. The van der Waals surface area contributed by atoms with Crippen molar-refractivity contribution in [1.29, 1.82) is 0 Å². The van der Waals surface area contributed by atoms with Gasteiger partial charge in [-0.1, -0.05) is 26.8 Å². The highest BCUT2D eigenvalue weighted by molar-refractivity contribution is 9.10. The lowest BCUT2D eigenvalue weighted by Gasteiger charge is -2.27. The van der Waals surface area contributed by atoms with E-state index in [0.717, 1.165) is 34.6 Å². The van der Waals surface area contributed by atoms with Crippen LogP contribution < -0.4 is 4.74 Å². The number of aromatic nitrogens is 2. The van der Waals surface area contributed by atoms with E-state index in [1.807, 2.05) is 29.6 Å². The van der Waals surface area contributed by atoms with E-state index in [4.69, 9.17) is 4.74 Å². The molecular weight excluding hydrogens is 418 g/mol. The lowest BCUT2D eigenvalue weighted by atomic mass is 9.87. The van der Waals surface area contributed by atoms with E-state index in [9.17, 15) is 4.79 Å². The summed E-state index contributed by atoms with van der Waals surface area (Å²) in [5, 5.41) is 4.48. The van der Waals surface area contributed by atoms with Crippen LogP contribution in [0.5, 0.6) is 5.75 Å². The van der Waals surface area contributed by atoms with Gasteiger partial charge in [-0.05, 0) is 64.4 Å². The Morgan fingerprint density at radius 1 is 1.32 bits per heavy atom. The Morgan fingerprint density at radius 3 is 2.75 bits per heavy atom. The van der Waals surface area contributed by atoms with Gasteiger partial charge in [-0.25, -0.2) is 0 Å². The van der Waals surface area contributed by atoms with Gasteiger partial charge in [0.1, 0.15) is 5.75 Å². The third kappa shape index (κ3) is 4.59. The molecule has 1 aromatic heterocycles. The first-order valence-electron chi connectivity index (χ1n) is 9.89. The first-order valence-corrected chi connectivity index (χ1v) is 10.7. The van der Waals surface area contributed by atoms with Crippen molar-refractivity contribution in [3.63, 3.8) is 0 Å². The lowest BCUT2D eigenvalue weighted by molar-refractivity contribution is -0.132. The number of carbonyl (C=O) groups excluding carboxylic acids is 1. The quantitative estimate of drug-likeness (QED) is 0.632. The first kappa shape index (κ1) is 20.9. The topological polar surface area (TPSA) is 47.4 Å². The van der Waals surface area contributed by atoms with Crippen molar-refractivity contribution in [1.82, 2.24) is 14.7 Å². The molecule has 3 rings (SSSR count). The van der Waals surface area contributed by atoms with Gasteiger partial charge in [-0.3, -0.25) is 9.48 Å². The average Bonchev–Trinajstić information content (AvgIpc) is 2.92. The number of amides is 1. The second-order valence-corrected chi connectivity index (χ2v) is 9.40. The highest BCUT2D eigenvalue weighted by Gasteiger charge is 2.25. The summed E-state index contributed by atoms with van der Waals surface area (Å²) in [5.74, 6) is 1.02. The molecular formula is C22H30BrN3O2. The predicted octanol–water partition coefficient (Wildman–Crippen LogP) is 4.53. The third-order valence-corrected chi connectivity index (χ3v) is 6.01. The van der Waals surface area contributed by atoms with Gasteiger partial charge in [0.2, 0.25) is 5.91 Å². The van der Waals surface area contributed by atoms with Crippen molar-refractivity contribution in [3.8, 4) is 5.75 Å². The predicted molar refractivity (Wildman–Crippen MR) is 115 cm³/mol. The second kappa shape index (κ2) is 8.27. The van der Waals surface area contributed by atoms with Gasteiger partial charge in [0.25, 0.3) is 0 Å². The maximum Gasteiger partial charge on any atom is 0.223 e. The molecule has 6 heteroatoms. The Kier molecular flexibility index (Phi) is 6.18. The molecule has 0 aliphatic carbocycles. The molecule has 0 fully saturated rings. The Labute approximate surface area is 176 Å². The highest BCUT2D eigenvalue weighted by Crippen LogP contribution is 2.31. The second-order valence-electron chi connectivity index (χ2n) is 8.55. The maximum atomic E-state index is 12.6. The molecule has 0 N–H and O–H groups in total. The molecule has 1 amide bonds. The summed E-state index contributed by atoms with van der Waals surface area (Å²) in [6.07, 6.45) is 2.11. The van der Waals surface area contributed by atoms with Crippen LogP contribution in [-0.2, 0) is 30.2 Å². The van der Waals surface area contributed by atoms with E-state index in [-0.39, 0.29) is 11.3 Å². The van der Waals surface area contributed by atoms with Crippen molar-refractivity contribution in [2.75, 3.05) is 13.2 Å². The number of ether oxygens (including phenoxy) is 1. The van der Waals surface area contributed by atoms with Gasteiger partial charge in [0.05, 0.1) is 29.0 Å². The number of nitrogens with zero attached hydrogens (tertiary/aromatic N) is 3. The largest absolute Gasteiger partial charge is 0.492 e. The summed E-state index contributed by atoms with van der Waals surface area (Å²) in [6.45, 7) is 10.6. The van der Waals surface area contributed by atoms with Gasteiger partial charge in [-0.15, -0.1) is 0 Å². The summed E-state index contributed by atoms with van der Waals surface area (Å²) in [7, 11) is 1.95. The van der Waals surface area contributed by atoms with E-state index in [0.29, 0.717) is 26.0 Å². The van der Waals surface area contributed by atoms with E-state index >= 15 is 0 Å². The number of aryl methyl sites for hydroxylation is 2. The minimum Gasteiger partial charge on any atom is -0.492 e. The van der Waals surface area contributed by atoms with Crippen molar-refractivity contribution in [2.24, 2.45) is 7.05 Å². The highest BCUT2D eigenvalue weighted by atomic mass is 79.9. The zero-order valence-corrected chi connectivity index (χ0v) is 19.1. The van der Waals surface area contributed by atoms with Gasteiger partial charge < -0.3 is 9.64 Å². The Balaban J connectivity index is 1.48. The van der Waals surface area contributed by atoms with Crippen LogP contribution in [0, 0.1) is 6.92 Å². The first-order chi connectivity index (χ1) is 13.2. The molecule has 0 bridgehead atoms. The molecule has 1 aliphatic heterocycles.